The van der Waals surface area contributed by atoms with E-state index in [4.69, 9.17) is 9.47 Å². The predicted octanol–water partition coefficient (Wildman–Crippen LogP) is 4.07. The van der Waals surface area contributed by atoms with Gasteiger partial charge in [0, 0.05) is 19.3 Å². The van der Waals surface area contributed by atoms with Crippen LogP contribution >= 0.6 is 0 Å². The van der Waals surface area contributed by atoms with Gasteiger partial charge in [-0.2, -0.15) is 0 Å². The third-order valence-electron chi connectivity index (χ3n) is 10.4. The highest BCUT2D eigenvalue weighted by atomic mass is 16.5. The second-order valence-electron chi connectivity index (χ2n) is 11.7. The number of esters is 2. The normalized spacial score (nSPS) is 47.6. The number of rotatable bonds is 4. The van der Waals surface area contributed by atoms with Crippen molar-refractivity contribution in [3.05, 3.63) is 0 Å². The van der Waals surface area contributed by atoms with Crippen LogP contribution in [0.1, 0.15) is 86.0 Å². The quantitative estimate of drug-likeness (QED) is 0.652. The van der Waals surface area contributed by atoms with E-state index in [1.165, 1.54) is 13.8 Å². The van der Waals surface area contributed by atoms with Gasteiger partial charge in [-0.15, -0.1) is 0 Å². The number of Topliss-reactive ketones (excluding diaryl/α,β-unsaturated/α-hetero) is 1. The number of aliphatic hydroxyl groups is 1. The van der Waals surface area contributed by atoms with Crippen LogP contribution < -0.4 is 0 Å². The van der Waals surface area contributed by atoms with Crippen molar-refractivity contribution in [2.75, 3.05) is 6.61 Å². The van der Waals surface area contributed by atoms with Crippen LogP contribution in [0.2, 0.25) is 0 Å². The topological polar surface area (TPSA) is 89.9 Å². The highest BCUT2D eigenvalue weighted by Gasteiger charge is 2.69. The molecule has 4 saturated carbocycles. The summed E-state index contributed by atoms with van der Waals surface area (Å²) in [7, 11) is 0. The van der Waals surface area contributed by atoms with E-state index in [0.29, 0.717) is 23.7 Å². The molecular weight excluding hydrogens is 408 g/mol. The van der Waals surface area contributed by atoms with Crippen LogP contribution in [0.25, 0.3) is 0 Å². The molecule has 0 spiro atoms. The van der Waals surface area contributed by atoms with Gasteiger partial charge < -0.3 is 14.6 Å². The van der Waals surface area contributed by atoms with Gasteiger partial charge in [-0.3, -0.25) is 14.4 Å². The van der Waals surface area contributed by atoms with Gasteiger partial charge in [0.05, 0.1) is 0 Å². The van der Waals surface area contributed by atoms with Crippen molar-refractivity contribution in [3.8, 4) is 0 Å². The number of fused-ring (bicyclic) bond motifs is 5. The third-order valence-corrected chi connectivity index (χ3v) is 10.4. The Morgan fingerprint density at radius 2 is 1.66 bits per heavy atom. The molecule has 4 fully saturated rings. The molecule has 4 rings (SSSR count). The Kier molecular flexibility index (Phi) is 6.01. The number of carbonyl (C=O) groups excluding carboxylic acids is 3. The first kappa shape index (κ1) is 23.7. The monoisotopic (exact) mass is 448 g/mol. The molecule has 0 radical (unpaired) electrons. The Morgan fingerprint density at radius 3 is 2.31 bits per heavy atom. The molecule has 4 aliphatic rings. The molecule has 0 aromatic heterocycles. The van der Waals surface area contributed by atoms with Crippen molar-refractivity contribution < 1.29 is 29.0 Å². The Labute approximate surface area is 191 Å². The minimum atomic E-state index is -1.44. The molecule has 1 N–H and O–H groups in total. The highest BCUT2D eigenvalue weighted by molar-refractivity contribution is 5.91. The van der Waals surface area contributed by atoms with Crippen LogP contribution in [0.5, 0.6) is 0 Å². The average Bonchev–Trinajstić information content (AvgIpc) is 2.93. The number of hydrogen-bond acceptors (Lipinski definition) is 6. The molecule has 6 heteroatoms. The van der Waals surface area contributed by atoms with Gasteiger partial charge in [0.1, 0.15) is 11.7 Å². The largest absolute Gasteiger partial charge is 0.463 e. The SMILES string of the molecule is CC(=O)OCC(=O)[C@@]1(O)[C@H](C)C[C@H]2[C@@H]3CC[C@H]4C[C@@H](OC(C)=O)CC[C@]4(C)[C@H]3CC[C@@]21C. The summed E-state index contributed by atoms with van der Waals surface area (Å²) in [6.07, 6.45) is 7.92. The summed E-state index contributed by atoms with van der Waals surface area (Å²) in [6, 6.07) is 0. The average molecular weight is 449 g/mol. The zero-order valence-electron chi connectivity index (χ0n) is 20.3. The summed E-state index contributed by atoms with van der Waals surface area (Å²) in [5, 5.41) is 11.8. The summed E-state index contributed by atoms with van der Waals surface area (Å²) in [4.78, 5) is 35.9. The van der Waals surface area contributed by atoms with Crippen molar-refractivity contribution in [3.63, 3.8) is 0 Å². The summed E-state index contributed by atoms with van der Waals surface area (Å²) in [5.74, 6) is 0.775. The van der Waals surface area contributed by atoms with E-state index in [0.717, 1.165) is 51.4 Å². The van der Waals surface area contributed by atoms with E-state index >= 15 is 0 Å². The molecule has 9 atom stereocenters. The summed E-state index contributed by atoms with van der Waals surface area (Å²) >= 11 is 0. The lowest BCUT2D eigenvalue weighted by molar-refractivity contribution is -0.183. The smallest absolute Gasteiger partial charge is 0.303 e. The molecule has 4 aliphatic carbocycles. The first-order valence-electron chi connectivity index (χ1n) is 12.5. The number of ether oxygens (including phenoxy) is 2. The van der Waals surface area contributed by atoms with Crippen LogP contribution in [0.15, 0.2) is 0 Å². The minimum absolute atomic E-state index is 0.0477. The van der Waals surface area contributed by atoms with Crippen molar-refractivity contribution in [1.29, 1.82) is 0 Å². The van der Waals surface area contributed by atoms with Gasteiger partial charge in [-0.05, 0) is 86.4 Å². The van der Waals surface area contributed by atoms with E-state index in [1.54, 1.807) is 0 Å². The standard InChI is InChI=1S/C26H40O6/c1-15-12-22-20-7-6-18-13-19(32-17(3)28)8-10-24(18,4)21(20)9-11-25(22,5)26(15,30)23(29)14-31-16(2)27/h15,18-22,30H,6-14H2,1-5H3/t15-,18+,19+,20-,21+,22+,24+,25+,26+/m1/s1. The van der Waals surface area contributed by atoms with Crippen LogP contribution in [-0.2, 0) is 23.9 Å². The Bertz CT molecular complexity index is 793. The Balaban J connectivity index is 1.55. The van der Waals surface area contributed by atoms with E-state index in [-0.39, 0.29) is 35.8 Å². The summed E-state index contributed by atoms with van der Waals surface area (Å²) < 4.78 is 10.6. The summed E-state index contributed by atoms with van der Waals surface area (Å²) in [5.41, 5.74) is -1.70. The van der Waals surface area contributed by atoms with E-state index in [9.17, 15) is 19.5 Å². The number of hydrogen-bond donors (Lipinski definition) is 1. The Morgan fingerprint density at radius 1 is 0.938 bits per heavy atom. The second-order valence-corrected chi connectivity index (χ2v) is 11.7. The van der Waals surface area contributed by atoms with Gasteiger partial charge >= 0.3 is 11.9 Å². The van der Waals surface area contributed by atoms with Gasteiger partial charge in [-0.1, -0.05) is 20.8 Å². The van der Waals surface area contributed by atoms with Crippen LogP contribution in [0.3, 0.4) is 0 Å². The van der Waals surface area contributed by atoms with Crippen molar-refractivity contribution >= 4 is 17.7 Å². The predicted molar refractivity (Wildman–Crippen MR) is 118 cm³/mol. The van der Waals surface area contributed by atoms with Crippen LogP contribution in [0.4, 0.5) is 0 Å². The van der Waals surface area contributed by atoms with E-state index in [2.05, 4.69) is 13.8 Å². The van der Waals surface area contributed by atoms with Crippen molar-refractivity contribution in [2.45, 2.75) is 97.7 Å². The van der Waals surface area contributed by atoms with E-state index < -0.39 is 17.0 Å². The Hall–Kier alpha value is -1.43. The first-order valence-corrected chi connectivity index (χ1v) is 12.5. The number of ketones is 1. The lowest BCUT2D eigenvalue weighted by Crippen LogP contribution is -2.60. The maximum Gasteiger partial charge on any atom is 0.303 e. The molecule has 0 bridgehead atoms. The van der Waals surface area contributed by atoms with Crippen LogP contribution in [0, 0.1) is 40.4 Å². The zero-order chi connectivity index (χ0) is 23.5. The molecule has 6 nitrogen and oxygen atoms in total. The van der Waals surface area contributed by atoms with Crippen molar-refractivity contribution in [1.82, 2.24) is 0 Å². The fraction of sp³-hybridized carbons (Fsp3) is 0.885. The lowest BCUT2D eigenvalue weighted by atomic mass is 9.44. The maximum absolute atomic E-state index is 13.1. The lowest BCUT2D eigenvalue weighted by Gasteiger charge is -2.61. The second kappa shape index (κ2) is 8.11. The highest BCUT2D eigenvalue weighted by Crippen LogP contribution is 2.69. The summed E-state index contributed by atoms with van der Waals surface area (Å²) in [6.45, 7) is 8.98. The molecule has 0 aliphatic heterocycles. The molecule has 0 saturated heterocycles. The van der Waals surface area contributed by atoms with Gasteiger partial charge in [0.25, 0.3) is 0 Å². The number of carbonyl (C=O) groups is 3. The first-order chi connectivity index (χ1) is 14.9. The third kappa shape index (κ3) is 3.43. The van der Waals surface area contributed by atoms with Gasteiger partial charge in [0.15, 0.2) is 6.61 Å². The molecule has 0 unspecified atom stereocenters. The molecule has 0 heterocycles. The van der Waals surface area contributed by atoms with Crippen molar-refractivity contribution in [2.24, 2.45) is 40.4 Å². The molecule has 0 amide bonds. The maximum atomic E-state index is 13.1. The van der Waals surface area contributed by atoms with Gasteiger partial charge in [-0.25, -0.2) is 0 Å². The molecule has 180 valence electrons. The molecular formula is C26H40O6. The molecule has 0 aromatic carbocycles. The fourth-order valence-corrected chi connectivity index (χ4v) is 8.77. The molecule has 32 heavy (non-hydrogen) atoms. The van der Waals surface area contributed by atoms with Crippen LogP contribution in [-0.4, -0.2) is 41.1 Å². The fourth-order valence-electron chi connectivity index (χ4n) is 8.77. The zero-order valence-corrected chi connectivity index (χ0v) is 20.3. The van der Waals surface area contributed by atoms with E-state index in [1.807, 2.05) is 6.92 Å². The minimum Gasteiger partial charge on any atom is -0.463 e. The molecule has 0 aromatic rings. The van der Waals surface area contributed by atoms with Gasteiger partial charge in [0.2, 0.25) is 5.78 Å².